The summed E-state index contributed by atoms with van der Waals surface area (Å²) in [5.74, 6) is 0.975. The Hall–Kier alpha value is -2.55. The largest absolute Gasteiger partial charge is 0.383 e. The van der Waals surface area contributed by atoms with Crippen LogP contribution >= 0.6 is 11.8 Å². The van der Waals surface area contributed by atoms with Crippen LogP contribution < -0.4 is 22.3 Å². The van der Waals surface area contributed by atoms with E-state index in [-0.39, 0.29) is 23.3 Å². The lowest BCUT2D eigenvalue weighted by molar-refractivity contribution is -0.118. The van der Waals surface area contributed by atoms with Crippen molar-refractivity contribution < 1.29 is 4.79 Å². The molecule has 0 saturated heterocycles. The summed E-state index contributed by atoms with van der Waals surface area (Å²) < 4.78 is 0. The number of thioether (sulfide) groups is 1. The Morgan fingerprint density at radius 3 is 2.65 bits per heavy atom. The van der Waals surface area contributed by atoms with Crippen molar-refractivity contribution in [2.45, 2.75) is 5.16 Å². The van der Waals surface area contributed by atoms with Crippen LogP contribution in [0.15, 0.2) is 35.6 Å². The van der Waals surface area contributed by atoms with Gasteiger partial charge in [-0.25, -0.2) is 15.0 Å². The van der Waals surface area contributed by atoms with Crippen LogP contribution in [0.4, 0.5) is 17.5 Å². The first kappa shape index (κ1) is 13.9. The molecule has 6 N–H and O–H groups in total. The molecule has 0 aliphatic heterocycles. The van der Waals surface area contributed by atoms with Gasteiger partial charge in [-0.3, -0.25) is 15.6 Å². The molecule has 0 fully saturated rings. The van der Waals surface area contributed by atoms with Gasteiger partial charge in [-0.15, -0.1) is 0 Å². The van der Waals surface area contributed by atoms with Gasteiger partial charge < -0.3 is 11.5 Å². The minimum atomic E-state index is -0.245. The number of hydrogen-bond acceptors (Lipinski definition) is 8. The zero-order valence-electron chi connectivity index (χ0n) is 10.4. The number of aromatic nitrogens is 3. The van der Waals surface area contributed by atoms with Crippen LogP contribution in [0.1, 0.15) is 0 Å². The summed E-state index contributed by atoms with van der Waals surface area (Å²) >= 11 is 1.14. The maximum atomic E-state index is 11.6. The maximum Gasteiger partial charge on any atom is 0.248 e. The molecule has 0 aromatic carbocycles. The topological polar surface area (TPSA) is 132 Å². The molecule has 0 aliphatic rings. The number of carbonyl (C=O) groups is 1. The van der Waals surface area contributed by atoms with Crippen molar-refractivity contribution in [3.05, 3.63) is 30.5 Å². The number of nitrogens with two attached hydrogens (primary N) is 2. The van der Waals surface area contributed by atoms with Crippen LogP contribution in [0.5, 0.6) is 0 Å². The fraction of sp³-hybridized carbons (Fsp3) is 0.0909. The standard InChI is InChI=1S/C11H13N7OS/c12-7-5-8(13)16-11(15-7)20-6-10(19)18-17-9-3-1-2-4-14-9/h1-5H,6H2,(H,14,17)(H,18,19)(H4,12,13,15,16). The van der Waals surface area contributed by atoms with Crippen LogP contribution in [-0.2, 0) is 4.79 Å². The highest BCUT2D eigenvalue weighted by Gasteiger charge is 2.06. The summed E-state index contributed by atoms with van der Waals surface area (Å²) in [6.45, 7) is 0. The van der Waals surface area contributed by atoms with E-state index in [1.165, 1.54) is 6.07 Å². The molecule has 0 radical (unpaired) electrons. The molecule has 8 nitrogen and oxygen atoms in total. The van der Waals surface area contributed by atoms with Gasteiger partial charge >= 0.3 is 0 Å². The Morgan fingerprint density at radius 2 is 2.00 bits per heavy atom. The zero-order chi connectivity index (χ0) is 14.4. The first-order chi connectivity index (χ1) is 9.63. The van der Waals surface area contributed by atoms with Gasteiger partial charge in [0.15, 0.2) is 5.16 Å². The fourth-order valence-electron chi connectivity index (χ4n) is 1.26. The SMILES string of the molecule is Nc1cc(N)nc(SCC(=O)NNc2ccccn2)n1. The van der Waals surface area contributed by atoms with Crippen LogP contribution in [0.25, 0.3) is 0 Å². The van der Waals surface area contributed by atoms with Gasteiger partial charge in [-0.2, -0.15) is 0 Å². The van der Waals surface area contributed by atoms with Crippen molar-refractivity contribution in [1.29, 1.82) is 0 Å². The van der Waals surface area contributed by atoms with Gasteiger partial charge in [-0.1, -0.05) is 17.8 Å². The first-order valence-electron chi connectivity index (χ1n) is 5.62. The van der Waals surface area contributed by atoms with E-state index in [4.69, 9.17) is 11.5 Å². The molecule has 9 heteroatoms. The average Bonchev–Trinajstić information content (AvgIpc) is 2.43. The molecule has 104 valence electrons. The zero-order valence-corrected chi connectivity index (χ0v) is 11.2. The van der Waals surface area contributed by atoms with Crippen molar-refractivity contribution in [1.82, 2.24) is 20.4 Å². The van der Waals surface area contributed by atoms with Gasteiger partial charge in [-0.05, 0) is 12.1 Å². The van der Waals surface area contributed by atoms with Crippen molar-refractivity contribution >= 4 is 35.1 Å². The molecular formula is C11H13N7OS. The third-order valence-electron chi connectivity index (χ3n) is 2.07. The van der Waals surface area contributed by atoms with E-state index in [0.717, 1.165) is 11.8 Å². The van der Waals surface area contributed by atoms with Crippen LogP contribution in [0.2, 0.25) is 0 Å². The molecule has 2 aromatic rings. The smallest absolute Gasteiger partial charge is 0.248 e. The number of nitrogens with zero attached hydrogens (tertiary/aromatic N) is 3. The highest BCUT2D eigenvalue weighted by Crippen LogP contribution is 2.15. The second kappa shape index (κ2) is 6.57. The Kier molecular flexibility index (Phi) is 4.56. The summed E-state index contributed by atoms with van der Waals surface area (Å²) in [6.07, 6.45) is 1.62. The van der Waals surface area contributed by atoms with Crippen molar-refractivity contribution in [2.24, 2.45) is 0 Å². The molecule has 0 aliphatic carbocycles. The molecule has 1 amide bonds. The number of nitrogen functional groups attached to an aromatic ring is 2. The Labute approximate surface area is 119 Å². The molecule has 2 aromatic heterocycles. The van der Waals surface area contributed by atoms with E-state index in [0.29, 0.717) is 11.0 Å². The van der Waals surface area contributed by atoms with Crippen LogP contribution in [0, 0.1) is 0 Å². The number of hydrazine groups is 1. The molecule has 0 saturated carbocycles. The Balaban J connectivity index is 1.80. The van der Waals surface area contributed by atoms with Gasteiger partial charge in [0.05, 0.1) is 5.75 Å². The van der Waals surface area contributed by atoms with E-state index in [9.17, 15) is 4.79 Å². The van der Waals surface area contributed by atoms with Gasteiger partial charge in [0.25, 0.3) is 0 Å². The van der Waals surface area contributed by atoms with E-state index in [2.05, 4.69) is 25.8 Å². The van der Waals surface area contributed by atoms with Gasteiger partial charge in [0.1, 0.15) is 17.5 Å². The van der Waals surface area contributed by atoms with Crippen molar-refractivity contribution in [3.8, 4) is 0 Å². The summed E-state index contributed by atoms with van der Waals surface area (Å²) in [6, 6.07) is 6.77. The monoisotopic (exact) mass is 291 g/mol. The number of amides is 1. The Bertz CT molecular complexity index is 572. The second-order valence-corrected chi connectivity index (χ2v) is 4.62. The lowest BCUT2D eigenvalue weighted by Crippen LogP contribution is -2.31. The number of carbonyl (C=O) groups excluding carboxylic acids is 1. The number of nitrogens with one attached hydrogen (secondary N) is 2. The van der Waals surface area contributed by atoms with Crippen molar-refractivity contribution in [2.75, 3.05) is 22.6 Å². The third-order valence-corrected chi connectivity index (χ3v) is 2.92. The second-order valence-electron chi connectivity index (χ2n) is 3.68. The molecule has 0 atom stereocenters. The lowest BCUT2D eigenvalue weighted by Gasteiger charge is -2.07. The number of pyridine rings is 1. The average molecular weight is 291 g/mol. The van der Waals surface area contributed by atoms with E-state index >= 15 is 0 Å². The third kappa shape index (κ3) is 4.28. The predicted octanol–water partition coefficient (Wildman–Crippen LogP) is 0.271. The summed E-state index contributed by atoms with van der Waals surface area (Å²) in [4.78, 5) is 23.5. The molecule has 0 bridgehead atoms. The minimum Gasteiger partial charge on any atom is -0.383 e. The molecule has 0 unspecified atom stereocenters. The van der Waals surface area contributed by atoms with E-state index < -0.39 is 0 Å². The summed E-state index contributed by atoms with van der Waals surface area (Å²) in [7, 11) is 0. The fourth-order valence-corrected chi connectivity index (χ4v) is 1.94. The Morgan fingerprint density at radius 1 is 1.25 bits per heavy atom. The summed E-state index contributed by atoms with van der Waals surface area (Å²) in [5.41, 5.74) is 16.3. The lowest BCUT2D eigenvalue weighted by atomic mass is 10.5. The van der Waals surface area contributed by atoms with Crippen LogP contribution in [0.3, 0.4) is 0 Å². The molecular weight excluding hydrogens is 278 g/mol. The van der Waals surface area contributed by atoms with Gasteiger partial charge in [0.2, 0.25) is 5.91 Å². The number of rotatable bonds is 5. The van der Waals surface area contributed by atoms with E-state index in [1.807, 2.05) is 0 Å². The van der Waals surface area contributed by atoms with Crippen molar-refractivity contribution in [3.63, 3.8) is 0 Å². The highest BCUT2D eigenvalue weighted by molar-refractivity contribution is 7.99. The predicted molar refractivity (Wildman–Crippen MR) is 77.6 cm³/mol. The molecule has 2 heterocycles. The molecule has 20 heavy (non-hydrogen) atoms. The van der Waals surface area contributed by atoms with E-state index in [1.54, 1.807) is 24.4 Å². The maximum absolute atomic E-state index is 11.6. The first-order valence-corrected chi connectivity index (χ1v) is 6.61. The molecule has 0 spiro atoms. The minimum absolute atomic E-state index is 0.128. The highest BCUT2D eigenvalue weighted by atomic mass is 32.2. The normalized spacial score (nSPS) is 10.0. The van der Waals surface area contributed by atoms with Gasteiger partial charge in [0, 0.05) is 12.3 Å². The number of hydrogen-bond donors (Lipinski definition) is 4. The quantitative estimate of drug-likeness (QED) is 0.350. The summed E-state index contributed by atoms with van der Waals surface area (Å²) in [5, 5.41) is 0.357. The number of anilines is 3. The molecule has 2 rings (SSSR count). The van der Waals surface area contributed by atoms with Crippen LogP contribution in [-0.4, -0.2) is 26.6 Å².